The zero-order valence-corrected chi connectivity index (χ0v) is 17.2. The van der Waals surface area contributed by atoms with Crippen molar-refractivity contribution in [2.45, 2.75) is 56.5 Å². The van der Waals surface area contributed by atoms with E-state index in [0.717, 1.165) is 18.4 Å². The molecule has 2 aromatic rings. The van der Waals surface area contributed by atoms with E-state index in [1.54, 1.807) is 26.0 Å². The normalized spacial score (nSPS) is 16.2. The van der Waals surface area contributed by atoms with E-state index < -0.39 is 10.0 Å². The third kappa shape index (κ3) is 5.00. The summed E-state index contributed by atoms with van der Waals surface area (Å²) >= 11 is 0. The second-order valence-electron chi connectivity index (χ2n) is 7.71. The number of carbonyl (C=O) groups is 1. The molecule has 28 heavy (non-hydrogen) atoms. The van der Waals surface area contributed by atoms with Crippen LogP contribution in [0, 0.1) is 5.92 Å². The van der Waals surface area contributed by atoms with Gasteiger partial charge in [0.15, 0.2) is 0 Å². The van der Waals surface area contributed by atoms with Crippen molar-refractivity contribution < 1.29 is 13.2 Å². The average molecular weight is 401 g/mol. The van der Waals surface area contributed by atoms with Crippen LogP contribution in [-0.4, -0.2) is 20.4 Å². The highest BCUT2D eigenvalue weighted by atomic mass is 32.2. The summed E-state index contributed by atoms with van der Waals surface area (Å²) in [6, 6.07) is 15.9. The number of hydrogen-bond donors (Lipinski definition) is 2. The Balaban J connectivity index is 1.83. The number of benzene rings is 2. The van der Waals surface area contributed by atoms with E-state index in [4.69, 9.17) is 0 Å². The van der Waals surface area contributed by atoms with Crippen LogP contribution in [-0.2, 0) is 10.0 Å². The van der Waals surface area contributed by atoms with Crippen LogP contribution in [0.3, 0.4) is 0 Å². The molecule has 1 atom stereocenters. The van der Waals surface area contributed by atoms with E-state index in [0.29, 0.717) is 11.5 Å². The van der Waals surface area contributed by atoms with Crippen molar-refractivity contribution in [3.8, 4) is 0 Å². The highest BCUT2D eigenvalue weighted by molar-refractivity contribution is 7.89. The zero-order chi connectivity index (χ0) is 20.1. The third-order valence-corrected chi connectivity index (χ3v) is 6.77. The van der Waals surface area contributed by atoms with Gasteiger partial charge in [0, 0.05) is 11.6 Å². The summed E-state index contributed by atoms with van der Waals surface area (Å²) in [6.07, 6.45) is 4.54. The van der Waals surface area contributed by atoms with E-state index in [1.165, 1.54) is 25.0 Å². The lowest BCUT2D eigenvalue weighted by atomic mass is 9.91. The van der Waals surface area contributed by atoms with Gasteiger partial charge in [-0.3, -0.25) is 4.79 Å². The van der Waals surface area contributed by atoms with Crippen LogP contribution in [0.15, 0.2) is 59.5 Å². The molecule has 1 aliphatic rings. The summed E-state index contributed by atoms with van der Waals surface area (Å²) < 4.78 is 27.4. The molecule has 0 aliphatic heterocycles. The maximum Gasteiger partial charge on any atom is 0.251 e. The standard InChI is InChI=1S/C22H28N2O3S/c1-16(2)24-28(26,27)20-14-8-13-19(15-20)22(25)23-21(18-11-6-7-12-18)17-9-4-3-5-10-17/h3-5,8-10,13-16,18,21,24H,6-7,11-12H2,1-2H3,(H,23,25)/t21-/m0/s1. The topological polar surface area (TPSA) is 75.3 Å². The predicted molar refractivity (Wildman–Crippen MR) is 111 cm³/mol. The Morgan fingerprint density at radius 3 is 2.32 bits per heavy atom. The van der Waals surface area contributed by atoms with Crippen LogP contribution < -0.4 is 10.0 Å². The van der Waals surface area contributed by atoms with Gasteiger partial charge in [0.1, 0.15) is 0 Å². The van der Waals surface area contributed by atoms with Crippen LogP contribution >= 0.6 is 0 Å². The van der Waals surface area contributed by atoms with Crippen LogP contribution in [0.5, 0.6) is 0 Å². The van der Waals surface area contributed by atoms with E-state index in [-0.39, 0.29) is 22.9 Å². The summed E-state index contributed by atoms with van der Waals surface area (Å²) in [4.78, 5) is 13.1. The summed E-state index contributed by atoms with van der Waals surface area (Å²) in [5, 5.41) is 3.16. The zero-order valence-electron chi connectivity index (χ0n) is 16.4. The Morgan fingerprint density at radius 2 is 1.68 bits per heavy atom. The fourth-order valence-corrected chi connectivity index (χ4v) is 5.13. The molecule has 3 rings (SSSR count). The van der Waals surface area contributed by atoms with Gasteiger partial charge >= 0.3 is 0 Å². The van der Waals surface area contributed by atoms with Crippen molar-refractivity contribution in [1.82, 2.24) is 10.0 Å². The molecule has 6 heteroatoms. The SMILES string of the molecule is CC(C)NS(=O)(=O)c1cccc(C(=O)N[C@@H](c2ccccc2)C2CCCC2)c1. The first-order valence-corrected chi connectivity index (χ1v) is 11.3. The van der Waals surface area contributed by atoms with Gasteiger partial charge in [-0.25, -0.2) is 13.1 Å². The van der Waals surface area contributed by atoms with Gasteiger partial charge in [0.05, 0.1) is 10.9 Å². The number of hydrogen-bond acceptors (Lipinski definition) is 3. The van der Waals surface area contributed by atoms with Crippen LogP contribution in [0.25, 0.3) is 0 Å². The molecule has 5 nitrogen and oxygen atoms in total. The van der Waals surface area contributed by atoms with Gasteiger partial charge in [-0.1, -0.05) is 49.2 Å². The monoisotopic (exact) mass is 400 g/mol. The summed E-state index contributed by atoms with van der Waals surface area (Å²) in [5.41, 5.74) is 1.44. The quantitative estimate of drug-likeness (QED) is 0.737. The summed E-state index contributed by atoms with van der Waals surface area (Å²) in [5.74, 6) is 0.156. The average Bonchev–Trinajstić information content (AvgIpc) is 3.20. The van der Waals surface area contributed by atoms with Gasteiger partial charge in [-0.15, -0.1) is 0 Å². The minimum atomic E-state index is -3.64. The first-order valence-electron chi connectivity index (χ1n) is 9.85. The van der Waals surface area contributed by atoms with Crippen molar-refractivity contribution in [3.05, 3.63) is 65.7 Å². The van der Waals surface area contributed by atoms with Gasteiger partial charge < -0.3 is 5.32 Å². The Labute approximate surface area is 167 Å². The lowest BCUT2D eigenvalue weighted by molar-refractivity contribution is 0.0921. The molecule has 0 bridgehead atoms. The molecule has 2 aromatic carbocycles. The molecule has 1 aliphatic carbocycles. The molecule has 0 aromatic heterocycles. The van der Waals surface area contributed by atoms with Gasteiger partial charge in [-0.05, 0) is 56.4 Å². The van der Waals surface area contributed by atoms with Crippen LogP contribution in [0.1, 0.15) is 61.5 Å². The first kappa shape index (κ1) is 20.6. The lowest BCUT2D eigenvalue weighted by Crippen LogP contribution is -2.33. The molecule has 0 heterocycles. The van der Waals surface area contributed by atoms with Gasteiger partial charge in [0.2, 0.25) is 10.0 Å². The van der Waals surface area contributed by atoms with Crippen LogP contribution in [0.4, 0.5) is 0 Å². The number of sulfonamides is 1. The maximum atomic E-state index is 13.0. The first-order chi connectivity index (χ1) is 13.4. The largest absolute Gasteiger partial charge is 0.345 e. The molecule has 1 fully saturated rings. The Hall–Kier alpha value is -2.18. The maximum absolute atomic E-state index is 13.0. The Bertz CT molecular complexity index is 904. The predicted octanol–water partition coefficient (Wildman–Crippen LogP) is 4.03. The van der Waals surface area contributed by atoms with Crippen molar-refractivity contribution in [3.63, 3.8) is 0 Å². The molecular formula is C22H28N2O3S. The lowest BCUT2D eigenvalue weighted by Gasteiger charge is -2.25. The van der Waals surface area contributed by atoms with Gasteiger partial charge in [-0.2, -0.15) is 0 Å². The Kier molecular flexibility index (Phi) is 6.52. The number of rotatable bonds is 7. The number of nitrogens with one attached hydrogen (secondary N) is 2. The number of carbonyl (C=O) groups excluding carboxylic acids is 1. The Morgan fingerprint density at radius 1 is 1.00 bits per heavy atom. The highest BCUT2D eigenvalue weighted by Gasteiger charge is 2.28. The molecule has 2 N–H and O–H groups in total. The van der Waals surface area contributed by atoms with Gasteiger partial charge in [0.25, 0.3) is 5.91 Å². The molecular weight excluding hydrogens is 372 g/mol. The van der Waals surface area contributed by atoms with Crippen molar-refractivity contribution in [1.29, 1.82) is 0 Å². The van der Waals surface area contributed by atoms with E-state index in [2.05, 4.69) is 10.0 Å². The second kappa shape index (κ2) is 8.88. The van der Waals surface area contributed by atoms with Crippen molar-refractivity contribution in [2.75, 3.05) is 0 Å². The number of amides is 1. The molecule has 1 amide bonds. The summed E-state index contributed by atoms with van der Waals surface area (Å²) in [6.45, 7) is 3.53. The van der Waals surface area contributed by atoms with Crippen molar-refractivity contribution >= 4 is 15.9 Å². The molecule has 0 saturated heterocycles. The smallest absolute Gasteiger partial charge is 0.251 e. The molecule has 1 saturated carbocycles. The molecule has 150 valence electrons. The van der Waals surface area contributed by atoms with E-state index in [9.17, 15) is 13.2 Å². The minimum Gasteiger partial charge on any atom is -0.345 e. The van der Waals surface area contributed by atoms with E-state index in [1.807, 2.05) is 30.3 Å². The third-order valence-electron chi connectivity index (χ3n) is 5.11. The minimum absolute atomic E-state index is 0.0646. The molecule has 0 radical (unpaired) electrons. The van der Waals surface area contributed by atoms with Crippen molar-refractivity contribution in [2.24, 2.45) is 5.92 Å². The summed E-state index contributed by atoms with van der Waals surface area (Å²) in [7, 11) is -3.64. The highest BCUT2D eigenvalue weighted by Crippen LogP contribution is 2.35. The molecule has 0 spiro atoms. The van der Waals surface area contributed by atoms with E-state index >= 15 is 0 Å². The second-order valence-corrected chi connectivity index (χ2v) is 9.42. The molecule has 0 unspecified atom stereocenters. The fourth-order valence-electron chi connectivity index (χ4n) is 3.83. The van der Waals surface area contributed by atoms with Crippen LogP contribution in [0.2, 0.25) is 0 Å². The fraction of sp³-hybridized carbons (Fsp3) is 0.409.